The maximum absolute atomic E-state index is 11.5. The van der Waals surface area contributed by atoms with E-state index in [-0.39, 0.29) is 17.9 Å². The lowest BCUT2D eigenvalue weighted by Gasteiger charge is -2.21. The lowest BCUT2D eigenvalue weighted by Crippen LogP contribution is -2.36. The van der Waals surface area contributed by atoms with Crippen LogP contribution in [0.3, 0.4) is 0 Å². The summed E-state index contributed by atoms with van der Waals surface area (Å²) >= 11 is 0. The van der Waals surface area contributed by atoms with Crippen molar-refractivity contribution in [1.29, 1.82) is 0 Å². The Bertz CT molecular complexity index is 824. The molecular weight excluding hydrogens is 384 g/mol. The van der Waals surface area contributed by atoms with Crippen molar-refractivity contribution in [3.8, 4) is 0 Å². The summed E-state index contributed by atoms with van der Waals surface area (Å²) in [7, 11) is 1.97. The van der Waals surface area contributed by atoms with Gasteiger partial charge in [0.05, 0.1) is 18.4 Å². The van der Waals surface area contributed by atoms with Gasteiger partial charge < -0.3 is 16.0 Å². The first-order valence-corrected chi connectivity index (χ1v) is 11.4. The van der Waals surface area contributed by atoms with Crippen LogP contribution in [0.2, 0.25) is 0 Å². The Morgan fingerprint density at radius 1 is 1.39 bits per heavy atom. The zero-order valence-corrected chi connectivity index (χ0v) is 19.5. The molecule has 0 radical (unpaired) electrons. The maximum Gasteiger partial charge on any atom is 0.219 e. The quantitative estimate of drug-likeness (QED) is 0.300. The van der Waals surface area contributed by atoms with Gasteiger partial charge in [-0.05, 0) is 50.1 Å². The average molecular weight is 423 g/mol. The van der Waals surface area contributed by atoms with Gasteiger partial charge in [-0.2, -0.15) is 0 Å². The van der Waals surface area contributed by atoms with Gasteiger partial charge in [-0.3, -0.25) is 9.79 Å². The minimum atomic E-state index is 0.0660. The average Bonchev–Trinajstić information content (AvgIpc) is 2.87. The number of aliphatic imine (C=N–C) groups is 1. The molecule has 5 nitrogen and oxygen atoms in total. The van der Waals surface area contributed by atoms with E-state index in [1.54, 1.807) is 0 Å². The number of nitrogens with zero attached hydrogens (tertiary/aromatic N) is 1. The normalized spacial score (nSPS) is 24.4. The number of hydrogen-bond donors (Lipinski definition) is 3. The minimum Gasteiger partial charge on any atom is -0.367 e. The molecule has 2 aliphatic rings. The van der Waals surface area contributed by atoms with Gasteiger partial charge in [0.25, 0.3) is 0 Å². The zero-order valence-electron chi connectivity index (χ0n) is 19.5. The summed E-state index contributed by atoms with van der Waals surface area (Å²) in [6, 6.07) is 0.0660. The summed E-state index contributed by atoms with van der Waals surface area (Å²) in [5.74, 6) is 1.52. The van der Waals surface area contributed by atoms with Gasteiger partial charge in [-0.15, -0.1) is 5.73 Å². The highest BCUT2D eigenvalue weighted by Gasteiger charge is 2.22. The highest BCUT2D eigenvalue weighted by molar-refractivity contribution is 5.84. The van der Waals surface area contributed by atoms with Crippen LogP contribution in [0.4, 0.5) is 0 Å². The number of fused-ring (bicyclic) bond motifs is 1. The number of allylic oxidation sites excluding steroid dienone is 4. The van der Waals surface area contributed by atoms with Crippen molar-refractivity contribution in [3.63, 3.8) is 0 Å². The summed E-state index contributed by atoms with van der Waals surface area (Å²) < 4.78 is 0. The summed E-state index contributed by atoms with van der Waals surface area (Å²) in [5, 5.41) is 9.63. The molecular formula is C26H38N4O. The second kappa shape index (κ2) is 12.9. The summed E-state index contributed by atoms with van der Waals surface area (Å²) in [4.78, 5) is 16.2. The van der Waals surface area contributed by atoms with E-state index in [9.17, 15) is 4.79 Å². The lowest BCUT2D eigenvalue weighted by molar-refractivity contribution is -0.120. The van der Waals surface area contributed by atoms with Crippen molar-refractivity contribution in [3.05, 3.63) is 65.5 Å². The smallest absolute Gasteiger partial charge is 0.219 e. The molecule has 0 spiro atoms. The summed E-state index contributed by atoms with van der Waals surface area (Å²) in [5.41, 5.74) is 6.97. The molecule has 2 rings (SSSR count). The summed E-state index contributed by atoms with van der Waals surface area (Å²) in [6.07, 6.45) is 15.3. The van der Waals surface area contributed by atoms with Crippen LogP contribution < -0.4 is 16.0 Å². The van der Waals surface area contributed by atoms with Gasteiger partial charge in [0.1, 0.15) is 0 Å². The molecule has 3 unspecified atom stereocenters. The van der Waals surface area contributed by atoms with E-state index in [1.165, 1.54) is 5.57 Å². The SMILES string of the molecule is C=C(/C=C\CCNC)C1C=C2/C=C\CN=C(CCNC(=O)CC)NC(C)C2=C=CC1C. The number of nitrogens with one attached hydrogen (secondary N) is 3. The third kappa shape index (κ3) is 7.86. The van der Waals surface area contributed by atoms with Crippen LogP contribution >= 0.6 is 0 Å². The highest BCUT2D eigenvalue weighted by Crippen LogP contribution is 2.30. The van der Waals surface area contributed by atoms with E-state index in [0.29, 0.717) is 31.8 Å². The standard InChI is InChI=1S/C26H38N4O/c1-6-26(31)29-17-14-25-28-16-9-11-22-18-24(19(2)10-7-8-15-27-5)20(3)12-13-23(22)21(4)30-25/h7,9-12,18,20-21,24,27H,2,6,8,14-17H2,1,3-5H3,(H,28,30)(H,29,31)/b10-7-,11-9-. The van der Waals surface area contributed by atoms with E-state index in [4.69, 9.17) is 0 Å². The molecule has 0 saturated carbocycles. The molecule has 0 aromatic heterocycles. The highest BCUT2D eigenvalue weighted by atomic mass is 16.1. The van der Waals surface area contributed by atoms with Gasteiger partial charge in [0.2, 0.25) is 5.91 Å². The Morgan fingerprint density at radius 3 is 2.94 bits per heavy atom. The maximum atomic E-state index is 11.5. The van der Waals surface area contributed by atoms with Gasteiger partial charge in [-0.1, -0.05) is 50.8 Å². The van der Waals surface area contributed by atoms with Crippen LogP contribution in [0.25, 0.3) is 0 Å². The van der Waals surface area contributed by atoms with E-state index in [2.05, 4.69) is 83.6 Å². The Morgan fingerprint density at radius 2 is 2.19 bits per heavy atom. The predicted molar refractivity (Wildman–Crippen MR) is 131 cm³/mol. The van der Waals surface area contributed by atoms with Gasteiger partial charge in [0.15, 0.2) is 0 Å². The fourth-order valence-corrected chi connectivity index (χ4v) is 3.69. The van der Waals surface area contributed by atoms with E-state index >= 15 is 0 Å². The van der Waals surface area contributed by atoms with Crippen LogP contribution in [-0.2, 0) is 4.79 Å². The fraction of sp³-hybridized carbons (Fsp3) is 0.500. The molecule has 1 aliphatic heterocycles. The number of amidine groups is 1. The minimum absolute atomic E-state index is 0.0660. The molecule has 0 saturated heterocycles. The summed E-state index contributed by atoms with van der Waals surface area (Å²) in [6.45, 7) is 12.7. The molecule has 168 valence electrons. The first-order valence-electron chi connectivity index (χ1n) is 11.4. The van der Waals surface area contributed by atoms with Gasteiger partial charge >= 0.3 is 0 Å². The van der Waals surface area contributed by atoms with E-state index < -0.39 is 0 Å². The number of hydrogen-bond acceptors (Lipinski definition) is 4. The van der Waals surface area contributed by atoms with Crippen LogP contribution in [0.5, 0.6) is 0 Å². The zero-order chi connectivity index (χ0) is 22.6. The lowest BCUT2D eigenvalue weighted by atomic mass is 9.86. The predicted octanol–water partition coefficient (Wildman–Crippen LogP) is 3.84. The number of carbonyl (C=O) groups excluding carboxylic acids is 1. The number of amides is 1. The second-order valence-corrected chi connectivity index (χ2v) is 8.11. The molecule has 0 aromatic carbocycles. The molecule has 0 fully saturated rings. The van der Waals surface area contributed by atoms with Crippen molar-refractivity contribution >= 4 is 11.7 Å². The Labute approximate surface area is 187 Å². The van der Waals surface area contributed by atoms with Gasteiger partial charge in [-0.25, -0.2) is 0 Å². The molecule has 1 aliphatic carbocycles. The molecule has 1 amide bonds. The van der Waals surface area contributed by atoms with Crippen LogP contribution in [0.15, 0.2) is 70.5 Å². The first-order chi connectivity index (χ1) is 15.0. The molecule has 3 N–H and O–H groups in total. The van der Waals surface area contributed by atoms with Crippen LogP contribution in [0, 0.1) is 11.8 Å². The monoisotopic (exact) mass is 422 g/mol. The Hall–Kier alpha value is -2.62. The molecule has 0 aromatic rings. The molecule has 31 heavy (non-hydrogen) atoms. The Balaban J connectivity index is 2.16. The van der Waals surface area contributed by atoms with Crippen molar-refractivity contribution in [2.45, 2.75) is 46.1 Å². The number of rotatable bonds is 9. The van der Waals surface area contributed by atoms with Crippen molar-refractivity contribution in [2.24, 2.45) is 16.8 Å². The van der Waals surface area contributed by atoms with Crippen molar-refractivity contribution in [1.82, 2.24) is 16.0 Å². The van der Waals surface area contributed by atoms with Crippen LogP contribution in [-0.4, -0.2) is 44.5 Å². The first kappa shape index (κ1) is 24.6. The third-order valence-corrected chi connectivity index (χ3v) is 5.57. The third-order valence-electron chi connectivity index (χ3n) is 5.57. The fourth-order valence-electron chi connectivity index (χ4n) is 3.69. The van der Waals surface area contributed by atoms with E-state index in [0.717, 1.165) is 29.9 Å². The second-order valence-electron chi connectivity index (χ2n) is 8.11. The molecule has 3 atom stereocenters. The molecule has 0 bridgehead atoms. The molecule has 5 heteroatoms. The van der Waals surface area contributed by atoms with E-state index in [1.807, 2.05) is 14.0 Å². The van der Waals surface area contributed by atoms with Crippen molar-refractivity contribution in [2.75, 3.05) is 26.7 Å². The Kier molecular flexibility index (Phi) is 10.3. The largest absolute Gasteiger partial charge is 0.367 e. The van der Waals surface area contributed by atoms with Crippen LogP contribution in [0.1, 0.15) is 40.0 Å². The topological polar surface area (TPSA) is 65.5 Å². The van der Waals surface area contributed by atoms with Gasteiger partial charge in [0, 0.05) is 30.9 Å². The molecule has 1 heterocycles. The van der Waals surface area contributed by atoms with Crippen molar-refractivity contribution < 1.29 is 4.79 Å². The number of carbonyl (C=O) groups is 1.